The smallest absolute Gasteiger partial charge is 0.339 e. The number of carboxylic acids is 1. The van der Waals surface area contributed by atoms with Crippen molar-refractivity contribution in [2.75, 3.05) is 6.54 Å². The monoisotopic (exact) mass is 224 g/mol. The fraction of sp³-hybridized carbons (Fsp3) is 0.333. The maximum atomic E-state index is 10.8. The van der Waals surface area contributed by atoms with Gasteiger partial charge in [0.15, 0.2) is 0 Å². The summed E-state index contributed by atoms with van der Waals surface area (Å²) in [4.78, 5) is 28.7. The highest BCUT2D eigenvalue weighted by Gasteiger charge is 2.10. The standard InChI is InChI=1S/C9H12N4O3/c10-8(14)1-2-11-4-7-6(9(15)16)3-12-5-13-7/h3,5,11H,1-2,4H2,(H2,10,14)(H,15,16). The molecule has 0 fully saturated rings. The number of aromatic carboxylic acids is 1. The van der Waals surface area contributed by atoms with Gasteiger partial charge in [-0.05, 0) is 0 Å². The third-order valence-electron chi connectivity index (χ3n) is 1.87. The van der Waals surface area contributed by atoms with Crippen molar-refractivity contribution < 1.29 is 14.7 Å². The number of primary amides is 1. The Morgan fingerprint density at radius 2 is 2.25 bits per heavy atom. The van der Waals surface area contributed by atoms with Crippen LogP contribution in [0.1, 0.15) is 22.5 Å². The minimum atomic E-state index is -1.08. The molecule has 0 aliphatic rings. The van der Waals surface area contributed by atoms with E-state index in [1.807, 2.05) is 0 Å². The summed E-state index contributed by atoms with van der Waals surface area (Å²) in [7, 11) is 0. The van der Waals surface area contributed by atoms with Gasteiger partial charge in [-0.1, -0.05) is 0 Å². The fourth-order valence-corrected chi connectivity index (χ4v) is 1.09. The molecule has 0 bridgehead atoms. The van der Waals surface area contributed by atoms with Gasteiger partial charge in [-0.25, -0.2) is 14.8 Å². The molecular formula is C9H12N4O3. The van der Waals surface area contributed by atoms with Gasteiger partial charge in [-0.15, -0.1) is 0 Å². The molecular weight excluding hydrogens is 212 g/mol. The van der Waals surface area contributed by atoms with Gasteiger partial charge >= 0.3 is 5.97 Å². The predicted molar refractivity (Wildman–Crippen MR) is 54.5 cm³/mol. The Balaban J connectivity index is 2.53. The molecule has 0 aliphatic heterocycles. The summed E-state index contributed by atoms with van der Waals surface area (Å²) in [6, 6.07) is 0. The summed E-state index contributed by atoms with van der Waals surface area (Å²) in [6.45, 7) is 0.649. The Bertz CT molecular complexity index is 394. The summed E-state index contributed by atoms with van der Waals surface area (Å²) in [5.41, 5.74) is 5.38. The topological polar surface area (TPSA) is 118 Å². The van der Waals surface area contributed by atoms with Gasteiger partial charge in [0.05, 0.1) is 5.69 Å². The Hall–Kier alpha value is -2.02. The molecule has 0 atom stereocenters. The molecule has 0 radical (unpaired) electrons. The summed E-state index contributed by atoms with van der Waals surface area (Å²) in [5.74, 6) is -1.49. The lowest BCUT2D eigenvalue weighted by Crippen LogP contribution is -2.23. The highest BCUT2D eigenvalue weighted by molar-refractivity contribution is 5.88. The lowest BCUT2D eigenvalue weighted by atomic mass is 10.2. The Morgan fingerprint density at radius 3 is 2.88 bits per heavy atom. The normalized spacial score (nSPS) is 10.0. The average Bonchev–Trinajstić information content (AvgIpc) is 2.24. The Labute approximate surface area is 91.7 Å². The maximum absolute atomic E-state index is 10.8. The second kappa shape index (κ2) is 5.76. The number of rotatable bonds is 6. The number of aromatic nitrogens is 2. The summed E-state index contributed by atoms with van der Waals surface area (Å²) in [6.07, 6.45) is 2.71. The van der Waals surface area contributed by atoms with E-state index in [4.69, 9.17) is 10.8 Å². The van der Waals surface area contributed by atoms with Crippen LogP contribution in [0.5, 0.6) is 0 Å². The van der Waals surface area contributed by atoms with E-state index in [2.05, 4.69) is 15.3 Å². The van der Waals surface area contributed by atoms with Crippen LogP contribution in [0.15, 0.2) is 12.5 Å². The molecule has 0 saturated heterocycles. The van der Waals surface area contributed by atoms with Crippen LogP contribution in [0.2, 0.25) is 0 Å². The number of carbonyl (C=O) groups excluding carboxylic acids is 1. The van der Waals surface area contributed by atoms with E-state index in [0.29, 0.717) is 12.2 Å². The lowest BCUT2D eigenvalue weighted by Gasteiger charge is -2.05. The highest BCUT2D eigenvalue weighted by Crippen LogP contribution is 2.02. The van der Waals surface area contributed by atoms with Crippen molar-refractivity contribution in [3.63, 3.8) is 0 Å². The lowest BCUT2D eigenvalue weighted by molar-refractivity contribution is -0.117. The molecule has 4 N–H and O–H groups in total. The van der Waals surface area contributed by atoms with Crippen LogP contribution < -0.4 is 11.1 Å². The van der Waals surface area contributed by atoms with Gasteiger partial charge in [0.2, 0.25) is 5.91 Å². The predicted octanol–water partition coefficient (Wildman–Crippen LogP) is -0.860. The van der Waals surface area contributed by atoms with Gasteiger partial charge in [-0.2, -0.15) is 0 Å². The van der Waals surface area contributed by atoms with Crippen LogP contribution in [0, 0.1) is 0 Å². The number of nitrogens with zero attached hydrogens (tertiary/aromatic N) is 2. The van der Waals surface area contributed by atoms with Gasteiger partial charge in [0.25, 0.3) is 0 Å². The van der Waals surface area contributed by atoms with Gasteiger partial charge < -0.3 is 16.2 Å². The molecule has 1 aromatic heterocycles. The molecule has 0 aromatic carbocycles. The highest BCUT2D eigenvalue weighted by atomic mass is 16.4. The molecule has 0 unspecified atom stereocenters. The molecule has 1 rings (SSSR count). The summed E-state index contributed by atoms with van der Waals surface area (Å²) < 4.78 is 0. The molecule has 0 saturated carbocycles. The molecule has 1 heterocycles. The Kier molecular flexibility index (Phi) is 4.34. The molecule has 7 nitrogen and oxygen atoms in total. The van der Waals surface area contributed by atoms with Crippen molar-refractivity contribution in [2.24, 2.45) is 5.73 Å². The number of hydrogen-bond donors (Lipinski definition) is 3. The molecule has 7 heteroatoms. The number of carboxylic acid groups (broad SMARTS) is 1. The average molecular weight is 224 g/mol. The van der Waals surface area contributed by atoms with E-state index < -0.39 is 11.9 Å². The first-order chi connectivity index (χ1) is 7.61. The quantitative estimate of drug-likeness (QED) is 0.541. The maximum Gasteiger partial charge on any atom is 0.339 e. The van der Waals surface area contributed by atoms with E-state index in [1.54, 1.807) is 0 Å². The summed E-state index contributed by atoms with van der Waals surface area (Å²) >= 11 is 0. The van der Waals surface area contributed by atoms with Crippen LogP contribution in [-0.4, -0.2) is 33.5 Å². The zero-order valence-corrected chi connectivity index (χ0v) is 8.51. The number of nitrogens with two attached hydrogens (primary N) is 1. The third-order valence-corrected chi connectivity index (χ3v) is 1.87. The molecule has 16 heavy (non-hydrogen) atoms. The van der Waals surface area contributed by atoms with Crippen molar-refractivity contribution in [1.82, 2.24) is 15.3 Å². The van der Waals surface area contributed by atoms with E-state index in [-0.39, 0.29) is 18.5 Å². The summed E-state index contributed by atoms with van der Waals surface area (Å²) in [5, 5.41) is 11.7. The van der Waals surface area contributed by atoms with Crippen molar-refractivity contribution in [3.05, 3.63) is 23.8 Å². The Morgan fingerprint density at radius 1 is 1.50 bits per heavy atom. The largest absolute Gasteiger partial charge is 0.478 e. The minimum absolute atomic E-state index is 0.0501. The van der Waals surface area contributed by atoms with E-state index in [1.165, 1.54) is 12.5 Å². The van der Waals surface area contributed by atoms with Gasteiger partial charge in [-0.3, -0.25) is 4.79 Å². The first-order valence-electron chi connectivity index (χ1n) is 4.62. The molecule has 1 amide bonds. The van der Waals surface area contributed by atoms with E-state index >= 15 is 0 Å². The van der Waals surface area contributed by atoms with Crippen molar-refractivity contribution >= 4 is 11.9 Å². The third kappa shape index (κ3) is 3.62. The van der Waals surface area contributed by atoms with Crippen molar-refractivity contribution in [2.45, 2.75) is 13.0 Å². The second-order valence-electron chi connectivity index (χ2n) is 3.08. The SMILES string of the molecule is NC(=O)CCNCc1ncncc1C(=O)O. The fourth-order valence-electron chi connectivity index (χ4n) is 1.09. The minimum Gasteiger partial charge on any atom is -0.478 e. The van der Waals surface area contributed by atoms with Crippen LogP contribution in [-0.2, 0) is 11.3 Å². The molecule has 0 spiro atoms. The van der Waals surface area contributed by atoms with Crippen LogP contribution >= 0.6 is 0 Å². The van der Waals surface area contributed by atoms with Gasteiger partial charge in [0, 0.05) is 25.7 Å². The molecule has 1 aromatic rings. The molecule has 86 valence electrons. The molecule has 0 aliphatic carbocycles. The number of carbonyl (C=O) groups is 2. The van der Waals surface area contributed by atoms with E-state index in [0.717, 1.165) is 0 Å². The van der Waals surface area contributed by atoms with Crippen LogP contribution in [0.3, 0.4) is 0 Å². The van der Waals surface area contributed by atoms with Crippen LogP contribution in [0.25, 0.3) is 0 Å². The van der Waals surface area contributed by atoms with E-state index in [9.17, 15) is 9.59 Å². The second-order valence-corrected chi connectivity index (χ2v) is 3.08. The zero-order valence-electron chi connectivity index (χ0n) is 8.51. The number of nitrogens with one attached hydrogen (secondary N) is 1. The first-order valence-corrected chi connectivity index (χ1v) is 4.62. The van der Waals surface area contributed by atoms with Crippen molar-refractivity contribution in [3.8, 4) is 0 Å². The first kappa shape index (κ1) is 12.1. The van der Waals surface area contributed by atoms with Crippen LogP contribution in [0.4, 0.5) is 0 Å². The van der Waals surface area contributed by atoms with Gasteiger partial charge in [0.1, 0.15) is 11.9 Å². The number of hydrogen-bond acceptors (Lipinski definition) is 5. The van der Waals surface area contributed by atoms with Crippen molar-refractivity contribution in [1.29, 1.82) is 0 Å². The number of amides is 1. The zero-order chi connectivity index (χ0) is 12.0.